The second kappa shape index (κ2) is 3.91. The summed E-state index contributed by atoms with van der Waals surface area (Å²) in [5, 5.41) is 7.06. The van der Waals surface area contributed by atoms with Gasteiger partial charge in [-0.05, 0) is 38.1 Å². The minimum absolute atomic E-state index is 0.502. The van der Waals surface area contributed by atoms with Crippen molar-refractivity contribution in [2.45, 2.75) is 43.8 Å². The molecule has 6 nitrogen and oxygen atoms in total. The summed E-state index contributed by atoms with van der Waals surface area (Å²) in [5.41, 5.74) is 1.89. The number of rotatable bonds is 3. The van der Waals surface area contributed by atoms with Crippen molar-refractivity contribution in [2.75, 3.05) is 11.9 Å². The van der Waals surface area contributed by atoms with Crippen molar-refractivity contribution in [1.82, 2.24) is 24.8 Å². The number of hydrogen-bond donors (Lipinski definition) is 2. The van der Waals surface area contributed by atoms with Crippen LogP contribution in [0.15, 0.2) is 12.7 Å². The molecule has 2 N–H and O–H groups in total. The minimum atomic E-state index is 0.502. The summed E-state index contributed by atoms with van der Waals surface area (Å²) in [7, 11) is 0. The lowest BCUT2D eigenvalue weighted by atomic mass is 10.1. The van der Waals surface area contributed by atoms with Crippen LogP contribution in [0, 0.1) is 5.92 Å². The molecule has 1 saturated heterocycles. The first-order valence-electron chi connectivity index (χ1n) is 7.56. The Bertz CT molecular complexity index is 661. The lowest BCUT2D eigenvalue weighted by molar-refractivity contribution is 0.365. The molecule has 2 aromatic rings. The van der Waals surface area contributed by atoms with Crippen LogP contribution in [0.4, 0.5) is 5.82 Å². The summed E-state index contributed by atoms with van der Waals surface area (Å²) in [6.45, 7) is 1.18. The van der Waals surface area contributed by atoms with E-state index in [4.69, 9.17) is 0 Å². The third-order valence-electron chi connectivity index (χ3n) is 4.93. The maximum absolute atomic E-state index is 4.58. The van der Waals surface area contributed by atoms with Gasteiger partial charge < -0.3 is 15.2 Å². The molecule has 0 radical (unpaired) electrons. The summed E-state index contributed by atoms with van der Waals surface area (Å²) in [6, 6.07) is 1.68. The van der Waals surface area contributed by atoms with Gasteiger partial charge in [-0.15, -0.1) is 0 Å². The predicted molar refractivity (Wildman–Crippen MR) is 75.5 cm³/mol. The van der Waals surface area contributed by atoms with Gasteiger partial charge in [-0.25, -0.2) is 15.0 Å². The Morgan fingerprint density at radius 2 is 2.15 bits per heavy atom. The molecule has 20 heavy (non-hydrogen) atoms. The van der Waals surface area contributed by atoms with Gasteiger partial charge in [0.1, 0.15) is 11.8 Å². The third kappa shape index (κ3) is 1.57. The van der Waals surface area contributed by atoms with E-state index in [1.165, 1.54) is 32.2 Å². The number of hydrogen-bond acceptors (Lipinski definition) is 5. The molecule has 0 aromatic carbocycles. The molecule has 2 saturated carbocycles. The van der Waals surface area contributed by atoms with Crippen molar-refractivity contribution >= 4 is 17.0 Å². The van der Waals surface area contributed by atoms with Crippen LogP contribution < -0.4 is 10.6 Å². The highest BCUT2D eigenvalue weighted by atomic mass is 15.2. The molecular formula is C14H18N6. The smallest absolute Gasteiger partial charge is 0.165 e. The molecular weight excluding hydrogens is 252 g/mol. The summed E-state index contributed by atoms with van der Waals surface area (Å²) in [6.07, 6.45) is 8.63. The molecule has 6 heteroatoms. The molecule has 2 aliphatic carbocycles. The first kappa shape index (κ1) is 11.0. The zero-order valence-corrected chi connectivity index (χ0v) is 11.3. The molecule has 3 atom stereocenters. The van der Waals surface area contributed by atoms with E-state index in [1.54, 1.807) is 6.33 Å². The highest BCUT2D eigenvalue weighted by Gasteiger charge is 2.41. The Morgan fingerprint density at radius 3 is 2.90 bits per heavy atom. The van der Waals surface area contributed by atoms with Crippen LogP contribution in [0.5, 0.6) is 0 Å². The lowest BCUT2D eigenvalue weighted by Crippen LogP contribution is -2.34. The van der Waals surface area contributed by atoms with E-state index in [1.807, 2.05) is 6.33 Å². The minimum Gasteiger partial charge on any atom is -0.365 e. The number of anilines is 1. The van der Waals surface area contributed by atoms with E-state index in [0.29, 0.717) is 18.1 Å². The number of fused-ring (bicyclic) bond motifs is 3. The summed E-state index contributed by atoms with van der Waals surface area (Å²) in [4.78, 5) is 13.4. The number of imidazole rings is 1. The molecule has 3 aliphatic rings. The molecule has 5 rings (SSSR count). The summed E-state index contributed by atoms with van der Waals surface area (Å²) in [5.74, 6) is 1.72. The van der Waals surface area contributed by atoms with Gasteiger partial charge in [0.05, 0.1) is 12.4 Å². The molecule has 104 valence electrons. The predicted octanol–water partition coefficient (Wildman–Crippen LogP) is 1.32. The van der Waals surface area contributed by atoms with E-state index < -0.39 is 0 Å². The SMILES string of the molecule is c1nc(NC2CC2)c2ncn(C3C[C@@H]4CN[C@H]3C4)c2n1. The number of piperidine rings is 1. The van der Waals surface area contributed by atoms with Crippen molar-refractivity contribution in [3.63, 3.8) is 0 Å². The second-order valence-electron chi connectivity index (χ2n) is 6.38. The van der Waals surface area contributed by atoms with Gasteiger partial charge in [0, 0.05) is 12.1 Å². The van der Waals surface area contributed by atoms with Crippen LogP contribution in [0.2, 0.25) is 0 Å². The Hall–Kier alpha value is -1.69. The van der Waals surface area contributed by atoms with Crippen LogP contribution in [0.25, 0.3) is 11.2 Å². The van der Waals surface area contributed by atoms with E-state index in [-0.39, 0.29) is 0 Å². The lowest BCUT2D eigenvalue weighted by Gasteiger charge is -2.24. The molecule has 1 unspecified atom stereocenters. The maximum Gasteiger partial charge on any atom is 0.165 e. The monoisotopic (exact) mass is 270 g/mol. The van der Waals surface area contributed by atoms with E-state index in [2.05, 4.69) is 30.2 Å². The first-order chi connectivity index (χ1) is 9.88. The number of nitrogens with zero attached hydrogens (tertiary/aromatic N) is 4. The zero-order valence-electron chi connectivity index (χ0n) is 11.3. The fourth-order valence-corrected chi connectivity index (χ4v) is 3.75. The standard InChI is InChI=1S/C14H18N6/c1-2-9(1)19-13-12-14(17-6-16-13)20(7-18-12)11-4-8-3-10(11)15-5-8/h6-11,15H,1-5H2,(H,16,17,19)/t8-,10+,11?/m1/s1. The Balaban J connectivity index is 1.56. The topological polar surface area (TPSA) is 67.7 Å². The van der Waals surface area contributed by atoms with Gasteiger partial charge >= 0.3 is 0 Å². The molecule has 3 fully saturated rings. The van der Waals surface area contributed by atoms with Gasteiger partial charge in [0.25, 0.3) is 0 Å². The van der Waals surface area contributed by atoms with Gasteiger partial charge in [0.2, 0.25) is 0 Å². The Kier molecular flexibility index (Phi) is 2.16. The highest BCUT2D eigenvalue weighted by molar-refractivity contribution is 5.83. The first-order valence-corrected chi connectivity index (χ1v) is 7.56. The van der Waals surface area contributed by atoms with Crippen molar-refractivity contribution in [3.8, 4) is 0 Å². The van der Waals surface area contributed by atoms with E-state index in [9.17, 15) is 0 Å². The molecule has 1 aliphatic heterocycles. The molecule has 2 bridgehead atoms. The fraction of sp³-hybridized carbons (Fsp3) is 0.643. The largest absolute Gasteiger partial charge is 0.365 e. The second-order valence-corrected chi connectivity index (χ2v) is 6.38. The number of nitrogens with one attached hydrogen (secondary N) is 2. The van der Waals surface area contributed by atoms with Crippen molar-refractivity contribution < 1.29 is 0 Å². The quantitative estimate of drug-likeness (QED) is 0.880. The molecule has 0 amide bonds. The van der Waals surface area contributed by atoms with Crippen molar-refractivity contribution in [2.24, 2.45) is 5.92 Å². The van der Waals surface area contributed by atoms with Crippen LogP contribution in [0.1, 0.15) is 31.7 Å². The van der Waals surface area contributed by atoms with E-state index >= 15 is 0 Å². The van der Waals surface area contributed by atoms with E-state index in [0.717, 1.165) is 22.9 Å². The van der Waals surface area contributed by atoms with Gasteiger partial charge in [-0.3, -0.25) is 0 Å². The maximum atomic E-state index is 4.58. The summed E-state index contributed by atoms with van der Waals surface area (Å²) >= 11 is 0. The normalized spacial score (nSPS) is 32.1. The molecule has 2 aromatic heterocycles. The summed E-state index contributed by atoms with van der Waals surface area (Å²) < 4.78 is 2.26. The Labute approximate surface area is 117 Å². The van der Waals surface area contributed by atoms with Gasteiger partial charge in [0.15, 0.2) is 11.5 Å². The van der Waals surface area contributed by atoms with Crippen molar-refractivity contribution in [1.29, 1.82) is 0 Å². The van der Waals surface area contributed by atoms with Gasteiger partial charge in [-0.2, -0.15) is 0 Å². The fourth-order valence-electron chi connectivity index (χ4n) is 3.75. The van der Waals surface area contributed by atoms with Crippen LogP contribution in [-0.2, 0) is 0 Å². The average molecular weight is 270 g/mol. The average Bonchev–Trinajstić information content (AvgIpc) is 2.92. The Morgan fingerprint density at radius 1 is 1.20 bits per heavy atom. The highest BCUT2D eigenvalue weighted by Crippen LogP contribution is 2.40. The van der Waals surface area contributed by atoms with Crippen LogP contribution in [0.3, 0.4) is 0 Å². The molecule has 3 heterocycles. The third-order valence-corrected chi connectivity index (χ3v) is 4.93. The van der Waals surface area contributed by atoms with Gasteiger partial charge in [-0.1, -0.05) is 0 Å². The van der Waals surface area contributed by atoms with Crippen LogP contribution >= 0.6 is 0 Å². The van der Waals surface area contributed by atoms with Crippen molar-refractivity contribution in [3.05, 3.63) is 12.7 Å². The number of aromatic nitrogens is 4. The molecule has 0 spiro atoms. The zero-order chi connectivity index (χ0) is 13.1. The van der Waals surface area contributed by atoms with Crippen LogP contribution in [-0.4, -0.2) is 38.1 Å².